The van der Waals surface area contributed by atoms with Gasteiger partial charge in [0, 0.05) is 20.8 Å². The van der Waals surface area contributed by atoms with Gasteiger partial charge in [0.05, 0.1) is 6.10 Å². The molecule has 0 aliphatic heterocycles. The minimum Gasteiger partial charge on any atom is -0.462 e. The molecule has 204 valence electrons. The predicted molar refractivity (Wildman–Crippen MR) is 147 cm³/mol. The lowest BCUT2D eigenvalue weighted by atomic mass is 9.79. The minimum absolute atomic E-state index is 0.0306. The lowest BCUT2D eigenvalue weighted by molar-refractivity contribution is -0.180. The van der Waals surface area contributed by atoms with E-state index >= 15 is 0 Å². The summed E-state index contributed by atoms with van der Waals surface area (Å²) in [4.78, 5) is 35.5. The van der Waals surface area contributed by atoms with Crippen molar-refractivity contribution in [3.05, 3.63) is 120 Å². The van der Waals surface area contributed by atoms with Crippen LogP contribution in [0.3, 0.4) is 0 Å². The van der Waals surface area contributed by atoms with E-state index < -0.39 is 41.8 Å². The molecule has 0 fully saturated rings. The van der Waals surface area contributed by atoms with Crippen molar-refractivity contribution in [1.29, 1.82) is 0 Å². The molecule has 0 aliphatic rings. The second-order valence-electron chi connectivity index (χ2n) is 8.98. The van der Waals surface area contributed by atoms with Crippen molar-refractivity contribution in [2.24, 2.45) is 0 Å². The largest absolute Gasteiger partial charge is 0.462 e. The Hall–Kier alpha value is -4.23. The number of hydrogen-bond acceptors (Lipinski definition) is 7. The molecule has 3 aromatic carbocycles. The topological polar surface area (TPSA) is 88.1 Å². The van der Waals surface area contributed by atoms with Crippen LogP contribution in [0.25, 0.3) is 0 Å². The fraction of sp³-hybridized carbons (Fsp3) is 0.281. The van der Waals surface area contributed by atoms with Crippen LogP contribution in [-0.2, 0) is 38.9 Å². The quantitative estimate of drug-likeness (QED) is 0.135. The van der Waals surface area contributed by atoms with Gasteiger partial charge in [-0.15, -0.1) is 0 Å². The summed E-state index contributed by atoms with van der Waals surface area (Å²) in [5, 5.41) is 0. The third-order valence-corrected chi connectivity index (χ3v) is 6.00. The molecule has 39 heavy (non-hydrogen) atoms. The molecule has 0 N–H and O–H groups in total. The van der Waals surface area contributed by atoms with Crippen LogP contribution in [0.4, 0.5) is 0 Å². The van der Waals surface area contributed by atoms with E-state index in [2.05, 4.69) is 0 Å². The Kier molecular flexibility index (Phi) is 10.6. The molecule has 0 heterocycles. The van der Waals surface area contributed by atoms with E-state index in [4.69, 9.17) is 18.9 Å². The number of esters is 3. The van der Waals surface area contributed by atoms with Crippen molar-refractivity contribution >= 4 is 17.9 Å². The molecule has 7 heteroatoms. The number of carbonyl (C=O) groups excluding carboxylic acids is 3. The Balaban J connectivity index is 2.13. The van der Waals surface area contributed by atoms with Crippen molar-refractivity contribution in [2.45, 2.75) is 51.6 Å². The maximum absolute atomic E-state index is 12.2. The molecular weight excluding hydrogens is 496 g/mol. The van der Waals surface area contributed by atoms with E-state index in [1.807, 2.05) is 91.0 Å². The van der Waals surface area contributed by atoms with Gasteiger partial charge < -0.3 is 18.9 Å². The first kappa shape index (κ1) is 29.3. The molecule has 0 radical (unpaired) electrons. The number of ether oxygens (including phenoxy) is 4. The molecule has 3 atom stereocenters. The molecule has 0 aliphatic carbocycles. The van der Waals surface area contributed by atoms with E-state index in [0.717, 1.165) is 16.7 Å². The highest BCUT2D eigenvalue weighted by molar-refractivity contribution is 5.68. The normalized spacial score (nSPS) is 13.7. The van der Waals surface area contributed by atoms with Crippen molar-refractivity contribution < 1.29 is 33.3 Å². The first-order chi connectivity index (χ1) is 18.7. The monoisotopic (exact) mass is 530 g/mol. The van der Waals surface area contributed by atoms with Gasteiger partial charge in [0.25, 0.3) is 0 Å². The Morgan fingerprint density at radius 3 is 1.51 bits per heavy atom. The Bertz CT molecular complexity index is 1140. The van der Waals surface area contributed by atoms with Crippen LogP contribution < -0.4 is 0 Å². The smallest absolute Gasteiger partial charge is 0.303 e. The molecule has 0 aromatic heterocycles. The number of rotatable bonds is 12. The minimum atomic E-state index is -1.09. The molecule has 7 nitrogen and oxygen atoms in total. The lowest BCUT2D eigenvalue weighted by Gasteiger charge is -2.40. The first-order valence-corrected chi connectivity index (χ1v) is 12.7. The van der Waals surface area contributed by atoms with E-state index in [9.17, 15) is 14.4 Å². The summed E-state index contributed by atoms with van der Waals surface area (Å²) >= 11 is 0. The second kappa shape index (κ2) is 14.1. The summed E-state index contributed by atoms with van der Waals surface area (Å²) < 4.78 is 23.2. The molecule has 0 amide bonds. The fourth-order valence-corrected chi connectivity index (χ4v) is 4.45. The molecular formula is C32H34O7. The van der Waals surface area contributed by atoms with Gasteiger partial charge in [-0.3, -0.25) is 14.4 Å². The van der Waals surface area contributed by atoms with Crippen LogP contribution >= 0.6 is 0 Å². The summed E-state index contributed by atoms with van der Waals surface area (Å²) in [6.07, 6.45) is 0.272. The van der Waals surface area contributed by atoms with E-state index in [1.165, 1.54) is 32.9 Å². The van der Waals surface area contributed by atoms with Crippen LogP contribution in [0, 0.1) is 0 Å². The van der Waals surface area contributed by atoms with Crippen LogP contribution in [0.1, 0.15) is 44.4 Å². The second-order valence-corrected chi connectivity index (χ2v) is 8.98. The van der Waals surface area contributed by atoms with Gasteiger partial charge in [0.15, 0.2) is 12.2 Å². The maximum Gasteiger partial charge on any atom is 0.303 e. The average Bonchev–Trinajstić information content (AvgIpc) is 2.93. The Morgan fingerprint density at radius 1 is 0.692 bits per heavy atom. The van der Waals surface area contributed by atoms with Crippen molar-refractivity contribution in [3.8, 4) is 0 Å². The van der Waals surface area contributed by atoms with Gasteiger partial charge in [0.1, 0.15) is 12.2 Å². The van der Waals surface area contributed by atoms with Gasteiger partial charge in [0.2, 0.25) is 0 Å². The highest BCUT2D eigenvalue weighted by Crippen LogP contribution is 2.42. The summed E-state index contributed by atoms with van der Waals surface area (Å²) in [5.74, 6) is -1.58. The standard InChI is InChI=1S/C32H34O7/c1-23(31(38-26(4)35)30(37-25(3)34)21-14-22-36-24(2)33)39-32(27-15-8-5-9-16-27,28-17-10-6-11-18-28)29-19-12-7-13-20-29/h5-21,23,30-31H,22H2,1-4H3. The third kappa shape index (κ3) is 7.88. The highest BCUT2D eigenvalue weighted by atomic mass is 16.6. The van der Waals surface area contributed by atoms with Gasteiger partial charge >= 0.3 is 17.9 Å². The van der Waals surface area contributed by atoms with E-state index in [-0.39, 0.29) is 6.61 Å². The van der Waals surface area contributed by atoms with Gasteiger partial charge in [-0.1, -0.05) is 91.0 Å². The van der Waals surface area contributed by atoms with Crippen LogP contribution in [0.5, 0.6) is 0 Å². The SMILES string of the molecule is CC(=O)OCC=CC(OC(C)=O)C(OC(C)=O)C(C)OC(c1ccccc1)(c1ccccc1)c1ccccc1. The summed E-state index contributed by atoms with van der Waals surface area (Å²) in [6, 6.07) is 29.3. The van der Waals surface area contributed by atoms with E-state index in [0.29, 0.717) is 0 Å². The summed E-state index contributed by atoms with van der Waals surface area (Å²) in [7, 11) is 0. The predicted octanol–water partition coefficient (Wildman–Crippen LogP) is 5.37. The van der Waals surface area contributed by atoms with Gasteiger partial charge in [-0.05, 0) is 35.8 Å². The zero-order valence-electron chi connectivity index (χ0n) is 22.6. The first-order valence-electron chi connectivity index (χ1n) is 12.7. The molecule has 0 saturated heterocycles. The van der Waals surface area contributed by atoms with Crippen LogP contribution in [0.2, 0.25) is 0 Å². The number of benzene rings is 3. The number of carbonyl (C=O) groups is 3. The molecule has 3 unspecified atom stereocenters. The van der Waals surface area contributed by atoms with Crippen molar-refractivity contribution in [1.82, 2.24) is 0 Å². The average molecular weight is 531 g/mol. The van der Waals surface area contributed by atoms with Crippen molar-refractivity contribution in [3.63, 3.8) is 0 Å². The lowest BCUT2D eigenvalue weighted by Crippen LogP contribution is -2.47. The third-order valence-electron chi connectivity index (χ3n) is 6.00. The van der Waals surface area contributed by atoms with Crippen molar-refractivity contribution in [2.75, 3.05) is 6.61 Å². The molecule has 3 aromatic rings. The summed E-state index contributed by atoms with van der Waals surface area (Å²) in [5.41, 5.74) is 1.50. The fourth-order valence-electron chi connectivity index (χ4n) is 4.45. The molecule has 0 bridgehead atoms. The molecule has 0 spiro atoms. The maximum atomic E-state index is 12.2. The number of hydrogen-bond donors (Lipinski definition) is 0. The Labute approximate surface area is 229 Å². The van der Waals surface area contributed by atoms with Crippen LogP contribution in [0.15, 0.2) is 103 Å². The Morgan fingerprint density at radius 2 is 1.13 bits per heavy atom. The van der Waals surface area contributed by atoms with E-state index in [1.54, 1.807) is 6.92 Å². The molecule has 0 saturated carbocycles. The van der Waals surface area contributed by atoms with Crippen LogP contribution in [-0.4, -0.2) is 42.8 Å². The molecule has 3 rings (SSSR count). The highest BCUT2D eigenvalue weighted by Gasteiger charge is 2.43. The zero-order valence-corrected chi connectivity index (χ0v) is 22.6. The zero-order chi connectivity index (χ0) is 28.3. The van der Waals surface area contributed by atoms with Gasteiger partial charge in [-0.2, -0.15) is 0 Å². The van der Waals surface area contributed by atoms with Gasteiger partial charge in [-0.25, -0.2) is 0 Å². The summed E-state index contributed by atoms with van der Waals surface area (Å²) in [6.45, 7) is 5.59.